The second-order valence-electron chi connectivity index (χ2n) is 4.02. The van der Waals surface area contributed by atoms with Crippen LogP contribution in [0.3, 0.4) is 0 Å². The van der Waals surface area contributed by atoms with Crippen LogP contribution in [0.5, 0.6) is 0 Å². The molecule has 1 saturated heterocycles. The van der Waals surface area contributed by atoms with Crippen molar-refractivity contribution in [3.8, 4) is 0 Å². The fraction of sp³-hybridized carbons (Fsp3) is 0.417. The highest BCUT2D eigenvalue weighted by Crippen LogP contribution is 2.37. The summed E-state index contributed by atoms with van der Waals surface area (Å²) in [5.41, 5.74) is 0.186. The van der Waals surface area contributed by atoms with Crippen LogP contribution in [-0.4, -0.2) is 30.4 Å². The second-order valence-corrected chi connectivity index (χ2v) is 4.02. The predicted molar refractivity (Wildman–Crippen MR) is 63.3 cm³/mol. The van der Waals surface area contributed by atoms with Crippen molar-refractivity contribution >= 4 is 11.7 Å². The van der Waals surface area contributed by atoms with Gasteiger partial charge in [0.05, 0.1) is 17.6 Å². The van der Waals surface area contributed by atoms with Crippen LogP contribution in [0.15, 0.2) is 24.3 Å². The molecule has 102 valence electrons. The van der Waals surface area contributed by atoms with Gasteiger partial charge in [-0.2, -0.15) is 0 Å². The lowest BCUT2D eigenvalue weighted by atomic mass is 10.0. The van der Waals surface area contributed by atoms with E-state index < -0.39 is 29.4 Å². The standard InChI is InChI=1S/C12H13NO6/c1-7-18-10(11(19-7)12(14)17-2)8-5-3-4-6-9(8)13(15)16/h3-7,10-11H,1-2H3/t7?,10-,11+/m1/s1. The Morgan fingerprint density at radius 3 is 2.68 bits per heavy atom. The van der Waals surface area contributed by atoms with E-state index in [-0.39, 0.29) is 5.69 Å². The van der Waals surface area contributed by atoms with E-state index in [1.54, 1.807) is 25.1 Å². The Labute approximate surface area is 109 Å². The molecule has 1 unspecified atom stereocenters. The quantitative estimate of drug-likeness (QED) is 0.469. The molecule has 3 atom stereocenters. The fourth-order valence-corrected chi connectivity index (χ4v) is 2.01. The van der Waals surface area contributed by atoms with Crippen LogP contribution in [0.4, 0.5) is 5.69 Å². The van der Waals surface area contributed by atoms with Crippen LogP contribution >= 0.6 is 0 Å². The first-order chi connectivity index (χ1) is 9.04. The molecule has 7 nitrogen and oxygen atoms in total. The van der Waals surface area contributed by atoms with Crippen LogP contribution < -0.4 is 0 Å². The molecular weight excluding hydrogens is 254 g/mol. The summed E-state index contributed by atoms with van der Waals surface area (Å²) in [5.74, 6) is -0.618. The number of esters is 1. The first-order valence-electron chi connectivity index (χ1n) is 5.66. The van der Waals surface area contributed by atoms with Gasteiger partial charge >= 0.3 is 5.97 Å². The van der Waals surface area contributed by atoms with Crippen molar-refractivity contribution in [1.82, 2.24) is 0 Å². The van der Waals surface area contributed by atoms with Crippen molar-refractivity contribution in [2.45, 2.75) is 25.4 Å². The van der Waals surface area contributed by atoms with Crippen LogP contribution in [0.25, 0.3) is 0 Å². The number of carbonyl (C=O) groups excluding carboxylic acids is 1. The predicted octanol–water partition coefficient (Wildman–Crippen LogP) is 1.57. The first-order valence-corrected chi connectivity index (χ1v) is 5.66. The summed E-state index contributed by atoms with van der Waals surface area (Å²) in [6.07, 6.45) is -2.47. The Morgan fingerprint density at radius 1 is 1.37 bits per heavy atom. The number of nitrogens with zero attached hydrogens (tertiary/aromatic N) is 1. The Balaban J connectivity index is 2.39. The summed E-state index contributed by atoms with van der Waals surface area (Å²) in [5, 5.41) is 11.0. The van der Waals surface area contributed by atoms with E-state index in [9.17, 15) is 14.9 Å². The van der Waals surface area contributed by atoms with E-state index in [4.69, 9.17) is 9.47 Å². The molecule has 2 rings (SSSR count). The van der Waals surface area contributed by atoms with Gasteiger partial charge in [0.2, 0.25) is 0 Å². The van der Waals surface area contributed by atoms with Gasteiger partial charge in [-0.3, -0.25) is 10.1 Å². The van der Waals surface area contributed by atoms with Gasteiger partial charge in [0.25, 0.3) is 5.69 Å². The van der Waals surface area contributed by atoms with Crippen molar-refractivity contribution in [2.24, 2.45) is 0 Å². The third kappa shape index (κ3) is 2.56. The fourth-order valence-electron chi connectivity index (χ4n) is 2.01. The molecule has 0 radical (unpaired) electrons. The molecule has 0 N–H and O–H groups in total. The molecule has 0 spiro atoms. The monoisotopic (exact) mass is 267 g/mol. The van der Waals surface area contributed by atoms with E-state index in [2.05, 4.69) is 4.74 Å². The van der Waals surface area contributed by atoms with Gasteiger partial charge in [0, 0.05) is 6.07 Å². The van der Waals surface area contributed by atoms with E-state index in [0.29, 0.717) is 5.56 Å². The summed E-state index contributed by atoms with van der Waals surface area (Å²) in [4.78, 5) is 22.1. The lowest BCUT2D eigenvalue weighted by Gasteiger charge is -2.14. The zero-order valence-corrected chi connectivity index (χ0v) is 10.4. The summed E-state index contributed by atoms with van der Waals surface area (Å²) in [6, 6.07) is 6.09. The summed E-state index contributed by atoms with van der Waals surface area (Å²) >= 11 is 0. The zero-order chi connectivity index (χ0) is 14.0. The largest absolute Gasteiger partial charge is 0.467 e. The summed E-state index contributed by atoms with van der Waals surface area (Å²) < 4.78 is 15.4. The number of hydrogen-bond acceptors (Lipinski definition) is 6. The second kappa shape index (κ2) is 5.33. The number of hydrogen-bond donors (Lipinski definition) is 0. The minimum Gasteiger partial charge on any atom is -0.467 e. The molecule has 0 amide bonds. The average Bonchev–Trinajstić information content (AvgIpc) is 2.79. The molecule has 0 bridgehead atoms. The van der Waals surface area contributed by atoms with Gasteiger partial charge in [0.1, 0.15) is 6.10 Å². The minimum absolute atomic E-state index is 0.112. The van der Waals surface area contributed by atoms with Crippen molar-refractivity contribution in [2.75, 3.05) is 7.11 Å². The molecule has 1 heterocycles. The number of ether oxygens (including phenoxy) is 3. The van der Waals surface area contributed by atoms with E-state index >= 15 is 0 Å². The Hall–Kier alpha value is -1.99. The average molecular weight is 267 g/mol. The lowest BCUT2D eigenvalue weighted by molar-refractivity contribution is -0.386. The van der Waals surface area contributed by atoms with Crippen LogP contribution in [-0.2, 0) is 19.0 Å². The highest BCUT2D eigenvalue weighted by molar-refractivity contribution is 5.76. The van der Waals surface area contributed by atoms with Gasteiger partial charge in [-0.05, 0) is 13.0 Å². The maximum atomic E-state index is 11.6. The lowest BCUT2D eigenvalue weighted by Crippen LogP contribution is -2.27. The Kier molecular flexibility index (Phi) is 3.77. The van der Waals surface area contributed by atoms with Crippen molar-refractivity contribution < 1.29 is 23.9 Å². The van der Waals surface area contributed by atoms with Crippen molar-refractivity contribution in [3.05, 3.63) is 39.9 Å². The molecule has 0 aromatic heterocycles. The summed E-state index contributed by atoms with van der Waals surface area (Å²) in [7, 11) is 1.23. The molecule has 1 aliphatic heterocycles. The van der Waals surface area contributed by atoms with Crippen molar-refractivity contribution in [3.63, 3.8) is 0 Å². The number of nitro benzene ring substituents is 1. The number of carbonyl (C=O) groups is 1. The molecule has 1 aliphatic rings. The Bertz CT molecular complexity index is 503. The maximum Gasteiger partial charge on any atom is 0.338 e. The first kappa shape index (κ1) is 13.4. The van der Waals surface area contributed by atoms with Gasteiger partial charge in [0.15, 0.2) is 12.4 Å². The SMILES string of the molecule is COC(=O)[C@H]1OC(C)O[C@@H]1c1ccccc1[N+](=O)[O-]. The summed E-state index contributed by atoms with van der Waals surface area (Å²) in [6.45, 7) is 1.62. The van der Waals surface area contributed by atoms with Crippen molar-refractivity contribution in [1.29, 1.82) is 0 Å². The van der Waals surface area contributed by atoms with Gasteiger partial charge < -0.3 is 14.2 Å². The molecule has 0 aliphatic carbocycles. The van der Waals surface area contributed by atoms with E-state index in [1.165, 1.54) is 13.2 Å². The zero-order valence-electron chi connectivity index (χ0n) is 10.4. The highest BCUT2D eigenvalue weighted by atomic mass is 16.7. The number of nitro groups is 1. The number of benzene rings is 1. The van der Waals surface area contributed by atoms with Crippen LogP contribution in [0.1, 0.15) is 18.6 Å². The van der Waals surface area contributed by atoms with E-state index in [0.717, 1.165) is 0 Å². The number of rotatable bonds is 3. The van der Waals surface area contributed by atoms with Crippen LogP contribution in [0.2, 0.25) is 0 Å². The number of methoxy groups -OCH3 is 1. The molecule has 0 saturated carbocycles. The highest BCUT2D eigenvalue weighted by Gasteiger charge is 2.43. The molecule has 1 fully saturated rings. The maximum absolute atomic E-state index is 11.6. The molecule has 1 aromatic rings. The van der Waals surface area contributed by atoms with Gasteiger partial charge in [-0.25, -0.2) is 4.79 Å². The minimum atomic E-state index is -0.999. The Morgan fingerprint density at radius 2 is 2.05 bits per heavy atom. The molecule has 1 aromatic carbocycles. The normalized spacial score (nSPS) is 26.1. The van der Waals surface area contributed by atoms with Gasteiger partial charge in [-0.1, -0.05) is 12.1 Å². The molecule has 7 heteroatoms. The topological polar surface area (TPSA) is 87.9 Å². The van der Waals surface area contributed by atoms with E-state index in [1.807, 2.05) is 0 Å². The smallest absolute Gasteiger partial charge is 0.338 e. The third-order valence-electron chi connectivity index (χ3n) is 2.82. The molecule has 19 heavy (non-hydrogen) atoms. The third-order valence-corrected chi connectivity index (χ3v) is 2.82. The molecular formula is C12H13NO6. The van der Waals surface area contributed by atoms with Gasteiger partial charge in [-0.15, -0.1) is 0 Å². The number of para-hydroxylation sites is 1. The van der Waals surface area contributed by atoms with Crippen LogP contribution in [0, 0.1) is 10.1 Å².